The van der Waals surface area contributed by atoms with E-state index in [0.29, 0.717) is 24.0 Å². The Morgan fingerprint density at radius 3 is 2.34 bits per heavy atom. The molecule has 0 fully saturated rings. The van der Waals surface area contributed by atoms with Gasteiger partial charge < -0.3 is 15.8 Å². The topological polar surface area (TPSA) is 105 Å². The highest BCUT2D eigenvalue weighted by molar-refractivity contribution is 5.95. The first-order chi connectivity index (χ1) is 19.8. The first-order valence-electron chi connectivity index (χ1n) is 14.2. The van der Waals surface area contributed by atoms with Gasteiger partial charge in [0.15, 0.2) is 0 Å². The molecule has 1 amide bonds. The van der Waals surface area contributed by atoms with Gasteiger partial charge in [-0.05, 0) is 73.9 Å². The second-order valence-corrected chi connectivity index (χ2v) is 10.7. The maximum Gasteiger partial charge on any atom is 0.302 e. The monoisotopic (exact) mass is 549 g/mol. The van der Waals surface area contributed by atoms with Gasteiger partial charge in [-0.25, -0.2) is 0 Å². The number of esters is 1. The van der Waals surface area contributed by atoms with Crippen LogP contribution in [-0.4, -0.2) is 30.4 Å². The largest absolute Gasteiger partial charge is 0.465 e. The van der Waals surface area contributed by atoms with E-state index in [1.807, 2.05) is 42.5 Å². The van der Waals surface area contributed by atoms with Gasteiger partial charge in [0.25, 0.3) is 5.91 Å². The minimum absolute atomic E-state index is 0.000358. The number of ether oxygens (including phenoxy) is 1. The summed E-state index contributed by atoms with van der Waals surface area (Å²) in [4.78, 5) is 25.4. The van der Waals surface area contributed by atoms with Crippen LogP contribution in [0.1, 0.15) is 59.7 Å². The number of carbonyl (C=O) groups is 2. The average Bonchev–Trinajstić information content (AvgIpc) is 2.98. The maximum absolute atomic E-state index is 13.5. The predicted molar refractivity (Wildman–Crippen MR) is 165 cm³/mol. The molecule has 0 spiro atoms. The van der Waals surface area contributed by atoms with E-state index in [4.69, 9.17) is 15.9 Å². The van der Waals surface area contributed by atoms with Gasteiger partial charge in [-0.15, -0.1) is 0 Å². The third-order valence-corrected chi connectivity index (χ3v) is 7.53. The number of carbonyl (C=O) groups excluding carboxylic acids is 2. The number of nitrogens with two attached hydrogens (primary N) is 1. The Kier molecular flexibility index (Phi) is 10.3. The van der Waals surface area contributed by atoms with Crippen LogP contribution in [0.25, 0.3) is 11.1 Å². The molecule has 212 valence electrons. The Balaban J connectivity index is 1.57. The first kappa shape index (κ1) is 29.5. The summed E-state index contributed by atoms with van der Waals surface area (Å²) in [5.41, 5.74) is 12.6. The van der Waals surface area contributed by atoms with Gasteiger partial charge in [0.2, 0.25) is 0 Å². The number of benzene rings is 3. The smallest absolute Gasteiger partial charge is 0.302 e. The number of rotatable bonds is 12. The Morgan fingerprint density at radius 2 is 1.71 bits per heavy atom. The van der Waals surface area contributed by atoms with Crippen molar-refractivity contribution in [2.24, 2.45) is 11.7 Å². The number of aryl methyl sites for hydroxylation is 1. The molecule has 3 aromatic rings. The molecule has 0 aliphatic heterocycles. The van der Waals surface area contributed by atoms with E-state index >= 15 is 0 Å². The van der Waals surface area contributed by atoms with Crippen LogP contribution in [0.15, 0.2) is 96.6 Å². The summed E-state index contributed by atoms with van der Waals surface area (Å²) in [6.45, 7) is 3.63. The minimum atomic E-state index is -0.357. The average molecular weight is 550 g/mol. The summed E-state index contributed by atoms with van der Waals surface area (Å²) >= 11 is 0. The second-order valence-electron chi connectivity index (χ2n) is 10.7. The Labute approximate surface area is 242 Å². The maximum atomic E-state index is 13.5. The van der Waals surface area contributed by atoms with Crippen molar-refractivity contribution in [3.8, 4) is 11.1 Å². The Bertz CT molecular complexity index is 1420. The lowest BCUT2D eigenvalue weighted by molar-refractivity contribution is -0.142. The standard InChI is InChI=1S/C35H39N3O3/c1-24-11-14-28(15-12-24)29-16-18-30(19-17-29)35(40)38-33(20-13-26-7-4-3-5-8-26)32(23-41-25(2)39)22-27-9-6-10-31(21-27)34(36)37/h3-4,6-7,9-12,14-19,21,32-33H,5,8,13,20,22-23H2,1-2H3,(H3,36,37)(H,38,40). The number of amidine groups is 1. The van der Waals surface area contributed by atoms with Crippen molar-refractivity contribution in [1.82, 2.24) is 5.32 Å². The van der Waals surface area contributed by atoms with Gasteiger partial charge >= 0.3 is 5.97 Å². The summed E-state index contributed by atoms with van der Waals surface area (Å²) in [7, 11) is 0. The van der Waals surface area contributed by atoms with Gasteiger partial charge in [0.1, 0.15) is 5.84 Å². The first-order valence-corrected chi connectivity index (χ1v) is 14.2. The summed E-state index contributed by atoms with van der Waals surface area (Å²) in [5, 5.41) is 11.1. The van der Waals surface area contributed by atoms with Gasteiger partial charge in [-0.3, -0.25) is 15.0 Å². The highest BCUT2D eigenvalue weighted by atomic mass is 16.5. The molecule has 41 heavy (non-hydrogen) atoms. The van der Waals surface area contributed by atoms with E-state index in [2.05, 4.69) is 54.7 Å². The highest BCUT2D eigenvalue weighted by Gasteiger charge is 2.26. The zero-order valence-electron chi connectivity index (χ0n) is 23.9. The van der Waals surface area contributed by atoms with Crippen LogP contribution in [0.5, 0.6) is 0 Å². The van der Waals surface area contributed by atoms with Crippen molar-refractivity contribution < 1.29 is 14.3 Å². The number of hydrogen-bond donors (Lipinski definition) is 3. The fraction of sp³-hybridized carbons (Fsp3) is 0.286. The molecule has 0 saturated heterocycles. The molecule has 4 rings (SSSR count). The van der Waals surface area contributed by atoms with Gasteiger partial charge in [0, 0.05) is 30.0 Å². The molecule has 4 N–H and O–H groups in total. The van der Waals surface area contributed by atoms with Crippen LogP contribution in [0, 0.1) is 18.3 Å². The lowest BCUT2D eigenvalue weighted by atomic mass is 9.87. The van der Waals surface area contributed by atoms with Crippen LogP contribution < -0.4 is 11.1 Å². The molecule has 6 heteroatoms. The molecule has 2 atom stereocenters. The molecule has 0 saturated carbocycles. The van der Waals surface area contributed by atoms with E-state index in [-0.39, 0.29) is 36.3 Å². The Morgan fingerprint density at radius 1 is 1.00 bits per heavy atom. The van der Waals surface area contributed by atoms with Crippen LogP contribution in [0.4, 0.5) is 0 Å². The number of amides is 1. The predicted octanol–water partition coefficient (Wildman–Crippen LogP) is 6.52. The summed E-state index contributed by atoms with van der Waals surface area (Å²) in [6, 6.07) is 23.3. The van der Waals surface area contributed by atoms with Crippen LogP contribution in [-0.2, 0) is 16.0 Å². The summed E-state index contributed by atoms with van der Waals surface area (Å²) < 4.78 is 5.50. The molecule has 2 unspecified atom stereocenters. The fourth-order valence-corrected chi connectivity index (χ4v) is 5.15. The summed E-state index contributed by atoms with van der Waals surface area (Å²) in [5.74, 6) is -0.686. The van der Waals surface area contributed by atoms with E-state index in [1.54, 1.807) is 6.07 Å². The molecule has 1 aliphatic rings. The fourth-order valence-electron chi connectivity index (χ4n) is 5.15. The molecule has 0 heterocycles. The van der Waals surface area contributed by atoms with E-state index < -0.39 is 0 Å². The molecule has 0 aromatic heterocycles. The zero-order valence-corrected chi connectivity index (χ0v) is 23.9. The van der Waals surface area contributed by atoms with Crippen molar-refractivity contribution in [1.29, 1.82) is 5.41 Å². The van der Waals surface area contributed by atoms with Gasteiger partial charge in [-0.2, -0.15) is 0 Å². The van der Waals surface area contributed by atoms with Crippen molar-refractivity contribution in [2.75, 3.05) is 6.61 Å². The van der Waals surface area contributed by atoms with E-state index in [0.717, 1.165) is 36.0 Å². The molecule has 0 radical (unpaired) electrons. The number of allylic oxidation sites excluding steroid dienone is 4. The number of nitrogen functional groups attached to an aromatic ring is 1. The molecule has 1 aliphatic carbocycles. The number of nitrogens with one attached hydrogen (secondary N) is 2. The molecular formula is C35H39N3O3. The molecule has 3 aromatic carbocycles. The Hall–Kier alpha value is -4.45. The summed E-state index contributed by atoms with van der Waals surface area (Å²) in [6.07, 6.45) is 10.5. The number of hydrogen-bond acceptors (Lipinski definition) is 4. The SMILES string of the molecule is CC(=O)OCC(Cc1cccc(C(=N)N)c1)C(CCC1=CC=CCC1)NC(=O)c1ccc(-c2ccc(C)cc2)cc1. The van der Waals surface area contributed by atoms with Crippen LogP contribution in [0.3, 0.4) is 0 Å². The van der Waals surface area contributed by atoms with Crippen molar-refractivity contribution in [3.63, 3.8) is 0 Å². The van der Waals surface area contributed by atoms with E-state index in [1.165, 1.54) is 18.1 Å². The second kappa shape index (κ2) is 14.3. The van der Waals surface area contributed by atoms with Crippen molar-refractivity contribution in [3.05, 3.63) is 119 Å². The van der Waals surface area contributed by atoms with Crippen LogP contribution in [0.2, 0.25) is 0 Å². The quantitative estimate of drug-likeness (QED) is 0.136. The van der Waals surface area contributed by atoms with E-state index in [9.17, 15) is 9.59 Å². The third kappa shape index (κ3) is 8.77. The normalized spacial score (nSPS) is 14.0. The van der Waals surface area contributed by atoms with Crippen molar-refractivity contribution >= 4 is 17.7 Å². The zero-order chi connectivity index (χ0) is 29.2. The minimum Gasteiger partial charge on any atom is -0.465 e. The molecule has 0 bridgehead atoms. The van der Waals surface area contributed by atoms with Gasteiger partial charge in [0.05, 0.1) is 6.61 Å². The highest BCUT2D eigenvalue weighted by Crippen LogP contribution is 2.25. The molecule has 6 nitrogen and oxygen atoms in total. The van der Waals surface area contributed by atoms with Crippen molar-refractivity contribution in [2.45, 2.75) is 52.0 Å². The van der Waals surface area contributed by atoms with Crippen LogP contribution >= 0.6 is 0 Å². The van der Waals surface area contributed by atoms with Gasteiger partial charge in [-0.1, -0.05) is 84.0 Å². The lowest BCUT2D eigenvalue weighted by Gasteiger charge is -2.29. The lowest BCUT2D eigenvalue weighted by Crippen LogP contribution is -2.43. The third-order valence-electron chi connectivity index (χ3n) is 7.53. The molecular weight excluding hydrogens is 510 g/mol.